The van der Waals surface area contributed by atoms with Gasteiger partial charge in [-0.3, -0.25) is 0 Å². The maximum absolute atomic E-state index is 3.96. The fourth-order valence-electron chi connectivity index (χ4n) is 1.52. The Morgan fingerprint density at radius 1 is 1.31 bits per heavy atom. The molecule has 0 radical (unpaired) electrons. The molecule has 0 bridgehead atoms. The van der Waals surface area contributed by atoms with Gasteiger partial charge in [-0.1, -0.05) is 26.3 Å². The summed E-state index contributed by atoms with van der Waals surface area (Å²) in [5.74, 6) is 0.811. The molecule has 0 aromatic rings. The Hall–Kier alpha value is -0.300. The molecular formula is C12H25N. The van der Waals surface area contributed by atoms with Crippen molar-refractivity contribution in [3.63, 3.8) is 0 Å². The molecule has 0 saturated heterocycles. The minimum atomic E-state index is 0.643. The van der Waals surface area contributed by atoms with E-state index >= 15 is 0 Å². The van der Waals surface area contributed by atoms with E-state index in [-0.39, 0.29) is 0 Å². The van der Waals surface area contributed by atoms with Gasteiger partial charge in [-0.05, 0) is 38.6 Å². The van der Waals surface area contributed by atoms with Crippen molar-refractivity contribution in [3.8, 4) is 0 Å². The highest BCUT2D eigenvalue weighted by Gasteiger charge is 2.07. The largest absolute Gasteiger partial charge is 0.314 e. The molecule has 0 aromatic heterocycles. The van der Waals surface area contributed by atoms with Crippen LogP contribution in [0.2, 0.25) is 0 Å². The van der Waals surface area contributed by atoms with Crippen LogP contribution in [-0.4, -0.2) is 12.6 Å². The Kier molecular flexibility index (Phi) is 6.97. The van der Waals surface area contributed by atoms with Crippen LogP contribution in [0, 0.1) is 5.92 Å². The van der Waals surface area contributed by atoms with Gasteiger partial charge in [-0.15, -0.1) is 6.58 Å². The molecule has 13 heavy (non-hydrogen) atoms. The molecule has 0 aromatic carbocycles. The van der Waals surface area contributed by atoms with E-state index < -0.39 is 0 Å². The van der Waals surface area contributed by atoms with Crippen molar-refractivity contribution in [1.82, 2.24) is 5.32 Å². The molecule has 0 aliphatic rings. The lowest BCUT2D eigenvalue weighted by molar-refractivity contribution is 0.434. The molecule has 1 atom stereocenters. The molecule has 0 heterocycles. The summed E-state index contributed by atoms with van der Waals surface area (Å²) in [6.07, 6.45) is 3.71. The molecule has 1 N–H and O–H groups in total. The Morgan fingerprint density at radius 3 is 2.31 bits per heavy atom. The van der Waals surface area contributed by atoms with Gasteiger partial charge in [-0.25, -0.2) is 0 Å². The topological polar surface area (TPSA) is 12.0 Å². The first-order valence-corrected chi connectivity index (χ1v) is 5.44. The fraction of sp³-hybridized carbons (Fsp3) is 0.833. The number of hydrogen-bond donors (Lipinski definition) is 1. The second-order valence-electron chi connectivity index (χ2n) is 4.39. The van der Waals surface area contributed by atoms with Gasteiger partial charge in [0.1, 0.15) is 0 Å². The zero-order valence-corrected chi connectivity index (χ0v) is 9.69. The van der Waals surface area contributed by atoms with Gasteiger partial charge in [0.2, 0.25) is 0 Å². The van der Waals surface area contributed by atoms with Crippen LogP contribution in [0.1, 0.15) is 47.0 Å². The van der Waals surface area contributed by atoms with Crippen LogP contribution in [0.3, 0.4) is 0 Å². The minimum Gasteiger partial charge on any atom is -0.314 e. The second-order valence-corrected chi connectivity index (χ2v) is 4.39. The Bertz CT molecular complexity index is 138. The van der Waals surface area contributed by atoms with E-state index in [1.54, 1.807) is 0 Å². The molecule has 0 aliphatic carbocycles. The van der Waals surface area contributed by atoms with Crippen LogP contribution < -0.4 is 5.32 Å². The zero-order chi connectivity index (χ0) is 10.3. The molecule has 78 valence electrons. The summed E-state index contributed by atoms with van der Waals surface area (Å²) in [6, 6.07) is 0.643. The Balaban J connectivity index is 3.72. The monoisotopic (exact) mass is 183 g/mol. The van der Waals surface area contributed by atoms with Gasteiger partial charge in [-0.2, -0.15) is 0 Å². The zero-order valence-electron chi connectivity index (χ0n) is 9.69. The van der Waals surface area contributed by atoms with Gasteiger partial charge in [0.15, 0.2) is 0 Å². The molecular weight excluding hydrogens is 158 g/mol. The van der Waals surface area contributed by atoms with Crippen LogP contribution in [0.5, 0.6) is 0 Å². The fourth-order valence-corrected chi connectivity index (χ4v) is 1.52. The van der Waals surface area contributed by atoms with Gasteiger partial charge in [0.25, 0.3) is 0 Å². The van der Waals surface area contributed by atoms with Crippen molar-refractivity contribution in [2.24, 2.45) is 5.92 Å². The third-order valence-corrected chi connectivity index (χ3v) is 2.18. The third-order valence-electron chi connectivity index (χ3n) is 2.18. The standard InChI is InChI=1S/C12H25N/c1-6-13-12(9-11(4)5)8-7-10(2)3/h10,12-13H,4,6-9H2,1-3,5H3. The van der Waals surface area contributed by atoms with Gasteiger partial charge < -0.3 is 5.32 Å². The quantitative estimate of drug-likeness (QED) is 0.597. The van der Waals surface area contributed by atoms with E-state index in [2.05, 4.69) is 39.6 Å². The highest BCUT2D eigenvalue weighted by atomic mass is 14.9. The summed E-state index contributed by atoms with van der Waals surface area (Å²) in [5.41, 5.74) is 1.29. The molecule has 1 heteroatoms. The second kappa shape index (κ2) is 7.14. The molecule has 0 fully saturated rings. The van der Waals surface area contributed by atoms with E-state index in [0.717, 1.165) is 18.9 Å². The predicted molar refractivity (Wildman–Crippen MR) is 61.0 cm³/mol. The first-order valence-electron chi connectivity index (χ1n) is 5.44. The Labute approximate surface area is 83.6 Å². The minimum absolute atomic E-state index is 0.643. The molecule has 1 unspecified atom stereocenters. The first kappa shape index (κ1) is 12.7. The summed E-state index contributed by atoms with van der Waals surface area (Å²) < 4.78 is 0. The normalized spacial score (nSPS) is 13.3. The van der Waals surface area contributed by atoms with Crippen molar-refractivity contribution in [1.29, 1.82) is 0 Å². The lowest BCUT2D eigenvalue weighted by atomic mass is 9.99. The first-order chi connectivity index (χ1) is 6.06. The molecule has 0 spiro atoms. The van der Waals surface area contributed by atoms with Crippen molar-refractivity contribution in [2.45, 2.75) is 53.0 Å². The van der Waals surface area contributed by atoms with E-state index in [0.29, 0.717) is 6.04 Å². The average Bonchev–Trinajstić information content (AvgIpc) is 1.99. The molecule has 0 rings (SSSR count). The van der Waals surface area contributed by atoms with Crippen molar-refractivity contribution in [3.05, 3.63) is 12.2 Å². The van der Waals surface area contributed by atoms with Crippen LogP contribution in [0.25, 0.3) is 0 Å². The van der Waals surface area contributed by atoms with Crippen LogP contribution >= 0.6 is 0 Å². The molecule has 0 aliphatic heterocycles. The predicted octanol–water partition coefficient (Wildman–Crippen LogP) is 3.37. The van der Waals surface area contributed by atoms with Gasteiger partial charge >= 0.3 is 0 Å². The van der Waals surface area contributed by atoms with E-state index in [9.17, 15) is 0 Å². The highest BCUT2D eigenvalue weighted by molar-refractivity contribution is 4.92. The van der Waals surface area contributed by atoms with Crippen LogP contribution in [0.4, 0.5) is 0 Å². The van der Waals surface area contributed by atoms with Crippen molar-refractivity contribution < 1.29 is 0 Å². The molecule has 1 nitrogen and oxygen atoms in total. The van der Waals surface area contributed by atoms with Crippen LogP contribution in [0.15, 0.2) is 12.2 Å². The van der Waals surface area contributed by atoms with E-state index in [1.807, 2.05) is 0 Å². The summed E-state index contributed by atoms with van der Waals surface area (Å²) in [5, 5.41) is 3.51. The van der Waals surface area contributed by atoms with Crippen molar-refractivity contribution in [2.75, 3.05) is 6.54 Å². The SMILES string of the molecule is C=C(C)CC(CCC(C)C)NCC. The Morgan fingerprint density at radius 2 is 1.92 bits per heavy atom. The number of rotatable bonds is 7. The summed E-state index contributed by atoms with van der Waals surface area (Å²) in [6.45, 7) is 13.9. The maximum atomic E-state index is 3.96. The van der Waals surface area contributed by atoms with E-state index in [1.165, 1.54) is 18.4 Å². The molecule has 0 amide bonds. The smallest absolute Gasteiger partial charge is 0.0104 e. The lowest BCUT2D eigenvalue weighted by Gasteiger charge is -2.18. The van der Waals surface area contributed by atoms with Crippen LogP contribution in [-0.2, 0) is 0 Å². The average molecular weight is 183 g/mol. The highest BCUT2D eigenvalue weighted by Crippen LogP contribution is 2.12. The third kappa shape index (κ3) is 8.04. The van der Waals surface area contributed by atoms with E-state index in [4.69, 9.17) is 0 Å². The van der Waals surface area contributed by atoms with Gasteiger partial charge in [0.05, 0.1) is 0 Å². The number of hydrogen-bond acceptors (Lipinski definition) is 1. The summed E-state index contributed by atoms with van der Waals surface area (Å²) in [7, 11) is 0. The summed E-state index contributed by atoms with van der Waals surface area (Å²) >= 11 is 0. The lowest BCUT2D eigenvalue weighted by Crippen LogP contribution is -2.29. The maximum Gasteiger partial charge on any atom is 0.0104 e. The van der Waals surface area contributed by atoms with Gasteiger partial charge in [0, 0.05) is 6.04 Å². The number of nitrogens with one attached hydrogen (secondary N) is 1. The van der Waals surface area contributed by atoms with Crippen molar-refractivity contribution >= 4 is 0 Å². The summed E-state index contributed by atoms with van der Waals surface area (Å²) in [4.78, 5) is 0. The molecule has 0 saturated carbocycles.